The molecule has 2 aromatic carbocycles. The molecule has 0 aliphatic heterocycles. The third-order valence-electron chi connectivity index (χ3n) is 3.06. The molecule has 100 valence electrons. The van der Waals surface area contributed by atoms with E-state index in [1.54, 1.807) is 19.2 Å². The highest BCUT2D eigenvalue weighted by molar-refractivity contribution is 5.42. The van der Waals surface area contributed by atoms with Crippen molar-refractivity contribution < 1.29 is 14.6 Å². The maximum Gasteiger partial charge on any atom is 0.125 e. The summed E-state index contributed by atoms with van der Waals surface area (Å²) in [5.74, 6) is 1.85. The highest BCUT2D eigenvalue weighted by Crippen LogP contribution is 2.26. The molecule has 0 radical (unpaired) electrons. The summed E-state index contributed by atoms with van der Waals surface area (Å²) in [5, 5.41) is 9.58. The molecule has 0 aromatic heterocycles. The molecule has 3 nitrogen and oxygen atoms in total. The van der Waals surface area contributed by atoms with Crippen LogP contribution in [0.3, 0.4) is 0 Å². The lowest BCUT2D eigenvalue weighted by molar-refractivity contribution is 0.317. The Labute approximate surface area is 113 Å². The van der Waals surface area contributed by atoms with Gasteiger partial charge in [-0.15, -0.1) is 0 Å². The van der Waals surface area contributed by atoms with Gasteiger partial charge in [-0.3, -0.25) is 0 Å². The van der Waals surface area contributed by atoms with Gasteiger partial charge in [-0.25, -0.2) is 0 Å². The summed E-state index contributed by atoms with van der Waals surface area (Å²) < 4.78 is 10.8. The molecule has 0 unspecified atom stereocenters. The Morgan fingerprint density at radius 3 is 2.47 bits per heavy atom. The van der Waals surface area contributed by atoms with Crippen LogP contribution in [0.25, 0.3) is 0 Å². The minimum absolute atomic E-state index is 0.266. The molecule has 0 aliphatic rings. The fourth-order valence-corrected chi connectivity index (χ4v) is 1.83. The van der Waals surface area contributed by atoms with Crippen LogP contribution in [0.2, 0.25) is 0 Å². The summed E-state index contributed by atoms with van der Waals surface area (Å²) in [6, 6.07) is 13.2. The standard InChI is InChI=1S/C16H18O3/c1-12-15(17)4-3-5-16(12)19-11-10-13-6-8-14(18-2)9-7-13/h3-9,17H,10-11H2,1-2H3. The van der Waals surface area contributed by atoms with Gasteiger partial charge >= 0.3 is 0 Å². The number of phenols is 1. The normalized spacial score (nSPS) is 10.2. The molecule has 0 atom stereocenters. The van der Waals surface area contributed by atoms with Crippen molar-refractivity contribution in [3.63, 3.8) is 0 Å². The Bertz CT molecular complexity index is 532. The molecule has 0 heterocycles. The zero-order chi connectivity index (χ0) is 13.7. The van der Waals surface area contributed by atoms with Gasteiger partial charge < -0.3 is 14.6 Å². The maximum atomic E-state index is 9.58. The van der Waals surface area contributed by atoms with Gasteiger partial charge in [-0.2, -0.15) is 0 Å². The lowest BCUT2D eigenvalue weighted by Gasteiger charge is -2.10. The van der Waals surface area contributed by atoms with Crippen molar-refractivity contribution >= 4 is 0 Å². The highest BCUT2D eigenvalue weighted by Gasteiger charge is 2.03. The van der Waals surface area contributed by atoms with E-state index in [9.17, 15) is 5.11 Å². The molecule has 2 aromatic rings. The summed E-state index contributed by atoms with van der Waals surface area (Å²) in [4.78, 5) is 0. The van der Waals surface area contributed by atoms with Crippen molar-refractivity contribution in [1.82, 2.24) is 0 Å². The van der Waals surface area contributed by atoms with Crippen LogP contribution in [-0.4, -0.2) is 18.8 Å². The third-order valence-corrected chi connectivity index (χ3v) is 3.06. The predicted molar refractivity (Wildman–Crippen MR) is 75.0 cm³/mol. The zero-order valence-electron chi connectivity index (χ0n) is 11.2. The van der Waals surface area contributed by atoms with E-state index in [2.05, 4.69) is 0 Å². The van der Waals surface area contributed by atoms with Crippen molar-refractivity contribution in [2.24, 2.45) is 0 Å². The van der Waals surface area contributed by atoms with Crippen LogP contribution in [0.15, 0.2) is 42.5 Å². The molecular formula is C16H18O3. The molecule has 0 amide bonds. The van der Waals surface area contributed by atoms with Gasteiger partial charge in [-0.05, 0) is 36.8 Å². The van der Waals surface area contributed by atoms with E-state index in [1.807, 2.05) is 37.3 Å². The van der Waals surface area contributed by atoms with E-state index >= 15 is 0 Å². The Morgan fingerprint density at radius 1 is 1.05 bits per heavy atom. The first-order valence-corrected chi connectivity index (χ1v) is 6.25. The van der Waals surface area contributed by atoms with Crippen molar-refractivity contribution in [3.05, 3.63) is 53.6 Å². The lowest BCUT2D eigenvalue weighted by Crippen LogP contribution is -2.02. The number of rotatable bonds is 5. The summed E-state index contributed by atoms with van der Waals surface area (Å²) in [7, 11) is 1.66. The first kappa shape index (κ1) is 13.3. The second-order valence-corrected chi connectivity index (χ2v) is 4.35. The SMILES string of the molecule is COc1ccc(CCOc2cccc(O)c2C)cc1. The number of aromatic hydroxyl groups is 1. The van der Waals surface area contributed by atoms with E-state index in [4.69, 9.17) is 9.47 Å². The van der Waals surface area contributed by atoms with Crippen molar-refractivity contribution in [2.45, 2.75) is 13.3 Å². The van der Waals surface area contributed by atoms with Gasteiger partial charge in [-0.1, -0.05) is 18.2 Å². The molecular weight excluding hydrogens is 240 g/mol. The first-order chi connectivity index (χ1) is 9.20. The predicted octanol–water partition coefficient (Wildman–Crippen LogP) is 3.33. The molecule has 0 fully saturated rings. The summed E-state index contributed by atoms with van der Waals surface area (Å²) in [6.45, 7) is 2.43. The second kappa shape index (κ2) is 6.14. The number of ether oxygens (including phenoxy) is 2. The van der Waals surface area contributed by atoms with Gasteiger partial charge in [0.05, 0.1) is 13.7 Å². The van der Waals surface area contributed by atoms with E-state index in [-0.39, 0.29) is 5.75 Å². The van der Waals surface area contributed by atoms with Crippen molar-refractivity contribution in [1.29, 1.82) is 0 Å². The topological polar surface area (TPSA) is 38.7 Å². The summed E-state index contributed by atoms with van der Waals surface area (Å²) >= 11 is 0. The number of phenolic OH excluding ortho intramolecular Hbond substituents is 1. The quantitative estimate of drug-likeness (QED) is 0.894. The van der Waals surface area contributed by atoms with E-state index in [0.717, 1.165) is 23.5 Å². The van der Waals surface area contributed by atoms with Crippen molar-refractivity contribution in [3.8, 4) is 17.2 Å². The zero-order valence-corrected chi connectivity index (χ0v) is 11.2. The fraction of sp³-hybridized carbons (Fsp3) is 0.250. The van der Waals surface area contributed by atoms with Gasteiger partial charge in [0.25, 0.3) is 0 Å². The van der Waals surface area contributed by atoms with Crippen molar-refractivity contribution in [2.75, 3.05) is 13.7 Å². The van der Waals surface area contributed by atoms with Gasteiger partial charge in [0, 0.05) is 12.0 Å². The molecule has 2 rings (SSSR count). The molecule has 0 aliphatic carbocycles. The molecule has 0 bridgehead atoms. The van der Waals surface area contributed by atoms with E-state index in [1.165, 1.54) is 5.56 Å². The number of benzene rings is 2. The average Bonchev–Trinajstić information content (AvgIpc) is 2.44. The molecule has 1 N–H and O–H groups in total. The van der Waals surface area contributed by atoms with Crippen LogP contribution in [0.4, 0.5) is 0 Å². The van der Waals surface area contributed by atoms with Crippen LogP contribution < -0.4 is 9.47 Å². The lowest BCUT2D eigenvalue weighted by atomic mass is 10.1. The van der Waals surface area contributed by atoms with Crippen LogP contribution in [0.5, 0.6) is 17.2 Å². The van der Waals surface area contributed by atoms with Crippen LogP contribution in [0.1, 0.15) is 11.1 Å². The minimum atomic E-state index is 0.266. The molecule has 0 spiro atoms. The number of methoxy groups -OCH3 is 1. The third kappa shape index (κ3) is 3.41. The smallest absolute Gasteiger partial charge is 0.125 e. The van der Waals surface area contributed by atoms with Gasteiger partial charge in [0.1, 0.15) is 17.2 Å². The summed E-state index contributed by atoms with van der Waals surface area (Å²) in [6.07, 6.45) is 0.819. The molecule has 19 heavy (non-hydrogen) atoms. The Morgan fingerprint density at radius 2 is 1.79 bits per heavy atom. The number of hydrogen-bond donors (Lipinski definition) is 1. The Balaban J connectivity index is 1.90. The van der Waals surface area contributed by atoms with Crippen LogP contribution in [-0.2, 0) is 6.42 Å². The highest BCUT2D eigenvalue weighted by atomic mass is 16.5. The van der Waals surface area contributed by atoms with Crippen LogP contribution in [0, 0.1) is 6.92 Å². The fourth-order valence-electron chi connectivity index (χ4n) is 1.83. The van der Waals surface area contributed by atoms with E-state index < -0.39 is 0 Å². The summed E-state index contributed by atoms with van der Waals surface area (Å²) in [5.41, 5.74) is 1.97. The van der Waals surface area contributed by atoms with Gasteiger partial charge in [0.15, 0.2) is 0 Å². The molecule has 3 heteroatoms. The maximum absolute atomic E-state index is 9.58. The van der Waals surface area contributed by atoms with Gasteiger partial charge in [0.2, 0.25) is 0 Å². The Hall–Kier alpha value is -2.16. The average molecular weight is 258 g/mol. The van der Waals surface area contributed by atoms with E-state index in [0.29, 0.717) is 6.61 Å². The first-order valence-electron chi connectivity index (χ1n) is 6.25. The minimum Gasteiger partial charge on any atom is -0.508 e. The second-order valence-electron chi connectivity index (χ2n) is 4.35. The van der Waals surface area contributed by atoms with Crippen LogP contribution >= 0.6 is 0 Å². The largest absolute Gasteiger partial charge is 0.508 e. The monoisotopic (exact) mass is 258 g/mol. The molecule has 0 saturated carbocycles. The molecule has 0 saturated heterocycles. The Kier molecular flexibility index (Phi) is 4.29. The number of hydrogen-bond acceptors (Lipinski definition) is 3.